The summed E-state index contributed by atoms with van der Waals surface area (Å²) in [6.45, 7) is 12.7. The molecule has 4 heterocycles. The Morgan fingerprint density at radius 2 is 1.55 bits per heavy atom. The van der Waals surface area contributed by atoms with E-state index in [1.807, 2.05) is 19.9 Å². The molecule has 0 aromatic carbocycles. The van der Waals surface area contributed by atoms with Crippen molar-refractivity contribution in [3.05, 3.63) is 11.6 Å². The number of fused-ring (bicyclic) bond motifs is 2. The zero-order valence-corrected chi connectivity index (χ0v) is 20.2. The number of ketones is 2. The Bertz CT molecular complexity index is 1020. The van der Waals surface area contributed by atoms with Gasteiger partial charge in [-0.05, 0) is 40.2 Å². The summed E-state index contributed by atoms with van der Waals surface area (Å²) < 4.78 is 23.8. The fraction of sp³-hybridized carbons (Fsp3) is 0.760. The second-order valence-electron chi connectivity index (χ2n) is 10.6. The van der Waals surface area contributed by atoms with E-state index >= 15 is 0 Å². The van der Waals surface area contributed by atoms with Gasteiger partial charge < -0.3 is 18.9 Å². The molecule has 2 spiro atoms. The van der Waals surface area contributed by atoms with Gasteiger partial charge in [0.05, 0.1) is 36.3 Å². The van der Waals surface area contributed by atoms with E-state index in [1.165, 1.54) is 0 Å². The number of esters is 2. The molecule has 0 unspecified atom stereocenters. The molecule has 0 radical (unpaired) electrons. The molecule has 3 saturated heterocycles. The largest absolute Gasteiger partial charge is 0.466 e. The molecule has 5 rings (SSSR count). The first-order chi connectivity index (χ1) is 15.4. The van der Waals surface area contributed by atoms with Gasteiger partial charge in [0.2, 0.25) is 0 Å². The van der Waals surface area contributed by atoms with Gasteiger partial charge in [-0.15, -0.1) is 0 Å². The quantitative estimate of drug-likeness (QED) is 0.464. The van der Waals surface area contributed by atoms with Crippen LogP contribution in [0.4, 0.5) is 0 Å². The Balaban J connectivity index is 1.73. The van der Waals surface area contributed by atoms with E-state index in [0.29, 0.717) is 0 Å². The summed E-state index contributed by atoms with van der Waals surface area (Å²) in [5.41, 5.74) is -3.96. The first kappa shape index (κ1) is 22.7. The van der Waals surface area contributed by atoms with E-state index in [4.69, 9.17) is 18.9 Å². The van der Waals surface area contributed by atoms with Crippen LogP contribution < -0.4 is 0 Å². The first-order valence-corrected chi connectivity index (χ1v) is 11.9. The molecule has 1 aliphatic carbocycles. The average Bonchev–Trinajstić information content (AvgIpc) is 3.35. The van der Waals surface area contributed by atoms with Gasteiger partial charge in [0, 0.05) is 11.8 Å². The van der Waals surface area contributed by atoms with E-state index in [9.17, 15) is 19.2 Å². The van der Waals surface area contributed by atoms with Gasteiger partial charge in [0.1, 0.15) is 28.8 Å². The van der Waals surface area contributed by atoms with Crippen LogP contribution in [-0.2, 0) is 38.1 Å². The lowest BCUT2D eigenvalue weighted by Gasteiger charge is -2.55. The predicted molar refractivity (Wildman–Crippen MR) is 114 cm³/mol. The zero-order chi connectivity index (χ0) is 24.3. The molecular weight excluding hydrogens is 428 g/mol. The summed E-state index contributed by atoms with van der Waals surface area (Å²) >= 11 is 0. The van der Waals surface area contributed by atoms with E-state index in [-0.39, 0.29) is 24.8 Å². The van der Waals surface area contributed by atoms with Gasteiger partial charge in [0.15, 0.2) is 5.78 Å². The summed E-state index contributed by atoms with van der Waals surface area (Å²) in [6, 6.07) is 0. The minimum atomic E-state index is -1.46. The number of carbonyl (C=O) groups is 4. The van der Waals surface area contributed by atoms with Crippen molar-refractivity contribution in [2.24, 2.45) is 35.5 Å². The number of Topliss-reactive ketones (excluding diaryl/α,β-unsaturated/α-hetero) is 2. The topological polar surface area (TPSA) is 105 Å². The minimum Gasteiger partial charge on any atom is -0.466 e. The third-order valence-electron chi connectivity index (χ3n) is 9.30. The van der Waals surface area contributed by atoms with Crippen molar-refractivity contribution in [2.45, 2.75) is 70.9 Å². The molecule has 4 fully saturated rings. The van der Waals surface area contributed by atoms with Crippen molar-refractivity contribution in [1.29, 1.82) is 0 Å². The highest BCUT2D eigenvalue weighted by atomic mass is 16.6. The monoisotopic (exact) mass is 460 g/mol. The van der Waals surface area contributed by atoms with Crippen LogP contribution in [-0.4, -0.2) is 59.1 Å². The van der Waals surface area contributed by atoms with Crippen LogP contribution in [0.25, 0.3) is 0 Å². The van der Waals surface area contributed by atoms with Crippen LogP contribution in [0.1, 0.15) is 48.5 Å². The fourth-order valence-corrected chi connectivity index (χ4v) is 8.24. The number of rotatable bonds is 4. The number of hydrogen-bond donors (Lipinski definition) is 0. The van der Waals surface area contributed by atoms with Crippen LogP contribution in [0.3, 0.4) is 0 Å². The highest BCUT2D eigenvalue weighted by Gasteiger charge is 2.87. The molecule has 180 valence electrons. The zero-order valence-electron chi connectivity index (χ0n) is 20.2. The highest BCUT2D eigenvalue weighted by Crippen LogP contribution is 2.73. The lowest BCUT2D eigenvalue weighted by Crippen LogP contribution is -2.70. The molecule has 8 nitrogen and oxygen atoms in total. The standard InChI is InChI=1S/C25H32O8/c1-8-30-20(28)16-14-18(26)15-17(21(29)31-9-2)23(7)19(27)12(4)25(15,33-23)13(5)24(14)11(3)10-22(16,6)32-24/h10,12-17H,8-9H2,1-7H3/t12-,13-,14-,15+,16-,17+,22+,23+,24+,25-/m0/s1. The molecule has 1 saturated carbocycles. The van der Waals surface area contributed by atoms with Gasteiger partial charge in [-0.2, -0.15) is 0 Å². The first-order valence-electron chi connectivity index (χ1n) is 11.9. The summed E-state index contributed by atoms with van der Waals surface area (Å²) in [6.07, 6.45) is 1.91. The molecule has 4 aliphatic heterocycles. The average molecular weight is 461 g/mol. The molecular formula is C25H32O8. The Morgan fingerprint density at radius 1 is 0.970 bits per heavy atom. The molecule has 5 aliphatic rings. The van der Waals surface area contributed by atoms with Crippen LogP contribution in [0, 0.1) is 35.5 Å². The second kappa shape index (κ2) is 6.54. The van der Waals surface area contributed by atoms with Crippen LogP contribution in [0.5, 0.6) is 0 Å². The third-order valence-corrected chi connectivity index (χ3v) is 9.30. The maximum Gasteiger partial charge on any atom is 0.313 e. The van der Waals surface area contributed by atoms with E-state index in [0.717, 1.165) is 5.57 Å². The molecule has 33 heavy (non-hydrogen) atoms. The number of hydrogen-bond acceptors (Lipinski definition) is 8. The maximum atomic E-state index is 14.4. The molecule has 4 bridgehead atoms. The lowest BCUT2D eigenvalue weighted by atomic mass is 9.45. The molecule has 0 aromatic rings. The maximum absolute atomic E-state index is 14.4. The summed E-state index contributed by atoms with van der Waals surface area (Å²) in [7, 11) is 0. The van der Waals surface area contributed by atoms with Gasteiger partial charge in [-0.3, -0.25) is 19.2 Å². The SMILES string of the molecule is CCOC(=O)[C@@H]1[C@H]2C(=O)[C@H]3[C@H](C(=O)OCC)[C@@]4(C)O[C@@]3([C@@H](C)C4=O)[C@@H](C)[C@@]23O[C@]1(C)C=C3C. The summed E-state index contributed by atoms with van der Waals surface area (Å²) in [5, 5.41) is 0. The van der Waals surface area contributed by atoms with E-state index in [1.54, 1.807) is 34.6 Å². The van der Waals surface area contributed by atoms with Crippen LogP contribution in [0.15, 0.2) is 11.6 Å². The van der Waals surface area contributed by atoms with Crippen molar-refractivity contribution in [3.8, 4) is 0 Å². The predicted octanol–water partition coefficient (Wildman–Crippen LogP) is 2.03. The van der Waals surface area contributed by atoms with Crippen molar-refractivity contribution in [1.82, 2.24) is 0 Å². The molecule has 8 heteroatoms. The lowest BCUT2D eigenvalue weighted by molar-refractivity contribution is -0.196. The Hall–Kier alpha value is -2.06. The molecule has 0 aromatic heterocycles. The third kappa shape index (κ3) is 2.21. The van der Waals surface area contributed by atoms with Gasteiger partial charge >= 0.3 is 11.9 Å². The number of ether oxygens (including phenoxy) is 4. The number of carbonyl (C=O) groups excluding carboxylic acids is 4. The Labute approximate surface area is 193 Å². The van der Waals surface area contributed by atoms with Crippen molar-refractivity contribution in [3.63, 3.8) is 0 Å². The molecule has 0 N–H and O–H groups in total. The smallest absolute Gasteiger partial charge is 0.313 e. The normalized spacial score (nSPS) is 51.3. The summed E-state index contributed by atoms with van der Waals surface area (Å²) in [5.74, 6) is -6.29. The van der Waals surface area contributed by atoms with Crippen LogP contribution in [0.2, 0.25) is 0 Å². The van der Waals surface area contributed by atoms with Crippen LogP contribution >= 0.6 is 0 Å². The van der Waals surface area contributed by atoms with Crippen molar-refractivity contribution in [2.75, 3.05) is 13.2 Å². The van der Waals surface area contributed by atoms with E-state index < -0.39 is 69.9 Å². The highest BCUT2D eigenvalue weighted by molar-refractivity contribution is 6.06. The van der Waals surface area contributed by atoms with Crippen molar-refractivity contribution >= 4 is 23.5 Å². The van der Waals surface area contributed by atoms with Crippen molar-refractivity contribution < 1.29 is 38.1 Å². The summed E-state index contributed by atoms with van der Waals surface area (Å²) in [4.78, 5) is 54.1. The van der Waals surface area contributed by atoms with Gasteiger partial charge in [-0.1, -0.05) is 19.9 Å². The Morgan fingerprint density at radius 3 is 2.12 bits per heavy atom. The van der Waals surface area contributed by atoms with E-state index in [2.05, 4.69) is 0 Å². The minimum absolute atomic E-state index is 0.125. The second-order valence-corrected chi connectivity index (χ2v) is 10.6. The van der Waals surface area contributed by atoms with Gasteiger partial charge in [0.25, 0.3) is 0 Å². The molecule has 10 atom stereocenters. The Kier molecular flexibility index (Phi) is 4.50. The molecule has 0 amide bonds. The van der Waals surface area contributed by atoms with Gasteiger partial charge in [-0.25, -0.2) is 0 Å². The fourth-order valence-electron chi connectivity index (χ4n) is 8.24.